The first kappa shape index (κ1) is 10.2. The van der Waals surface area contributed by atoms with Crippen LogP contribution in [0.15, 0.2) is 18.5 Å². The highest BCUT2D eigenvalue weighted by molar-refractivity contribution is 5.10. The van der Waals surface area contributed by atoms with Gasteiger partial charge in [0, 0.05) is 24.5 Å². The summed E-state index contributed by atoms with van der Waals surface area (Å²) in [5.41, 5.74) is -0.806. The lowest BCUT2D eigenvalue weighted by molar-refractivity contribution is -0.0557. The SMILES string of the molecule is CN1C2CCC1CC(O)(c1ncccn1)C2. The molecule has 86 valence electrons. The number of aromatic nitrogens is 2. The van der Waals surface area contributed by atoms with E-state index in [1.54, 1.807) is 18.5 Å². The van der Waals surface area contributed by atoms with E-state index in [1.807, 2.05) is 0 Å². The molecule has 0 aromatic carbocycles. The van der Waals surface area contributed by atoms with E-state index in [4.69, 9.17) is 0 Å². The van der Waals surface area contributed by atoms with Crippen molar-refractivity contribution < 1.29 is 5.11 Å². The highest BCUT2D eigenvalue weighted by atomic mass is 16.3. The van der Waals surface area contributed by atoms with Gasteiger partial charge in [-0.1, -0.05) is 0 Å². The zero-order valence-electron chi connectivity index (χ0n) is 9.50. The summed E-state index contributed by atoms with van der Waals surface area (Å²) in [6, 6.07) is 2.77. The van der Waals surface area contributed by atoms with Crippen LogP contribution in [-0.2, 0) is 5.60 Å². The number of hydrogen-bond donors (Lipinski definition) is 1. The summed E-state index contributed by atoms with van der Waals surface area (Å²) in [5.74, 6) is 0.597. The monoisotopic (exact) mass is 219 g/mol. The summed E-state index contributed by atoms with van der Waals surface area (Å²) in [4.78, 5) is 10.8. The molecule has 1 N–H and O–H groups in total. The third kappa shape index (κ3) is 1.44. The normalized spacial score (nSPS) is 38.9. The van der Waals surface area contributed by atoms with Gasteiger partial charge in [0.2, 0.25) is 0 Å². The van der Waals surface area contributed by atoms with Crippen LogP contribution >= 0.6 is 0 Å². The fourth-order valence-electron chi connectivity index (χ4n) is 3.17. The molecule has 0 spiro atoms. The van der Waals surface area contributed by atoms with Crippen LogP contribution in [0.1, 0.15) is 31.5 Å². The molecule has 2 aliphatic rings. The van der Waals surface area contributed by atoms with Gasteiger partial charge >= 0.3 is 0 Å². The number of nitrogens with zero attached hydrogens (tertiary/aromatic N) is 3. The Bertz CT molecular complexity index is 367. The van der Waals surface area contributed by atoms with E-state index in [2.05, 4.69) is 21.9 Å². The summed E-state index contributed by atoms with van der Waals surface area (Å²) in [7, 11) is 2.16. The summed E-state index contributed by atoms with van der Waals surface area (Å²) in [5, 5.41) is 10.7. The van der Waals surface area contributed by atoms with Crippen molar-refractivity contribution in [2.75, 3.05) is 7.05 Å². The molecule has 3 rings (SSSR count). The van der Waals surface area contributed by atoms with Crippen molar-refractivity contribution in [3.8, 4) is 0 Å². The molecular formula is C12H17N3O. The highest BCUT2D eigenvalue weighted by Gasteiger charge is 2.48. The lowest BCUT2D eigenvalue weighted by atomic mass is 9.85. The van der Waals surface area contributed by atoms with Gasteiger partial charge in [-0.25, -0.2) is 9.97 Å². The zero-order chi connectivity index (χ0) is 11.2. The van der Waals surface area contributed by atoms with Crippen molar-refractivity contribution >= 4 is 0 Å². The Labute approximate surface area is 95.3 Å². The quantitative estimate of drug-likeness (QED) is 0.763. The molecule has 4 heteroatoms. The highest BCUT2D eigenvalue weighted by Crippen LogP contribution is 2.43. The minimum Gasteiger partial charge on any atom is -0.382 e. The smallest absolute Gasteiger partial charge is 0.160 e. The molecule has 0 amide bonds. The van der Waals surface area contributed by atoms with Gasteiger partial charge in [0.1, 0.15) is 5.60 Å². The average Bonchev–Trinajstić information content (AvgIpc) is 2.54. The van der Waals surface area contributed by atoms with Crippen LogP contribution in [-0.4, -0.2) is 39.1 Å². The van der Waals surface area contributed by atoms with Gasteiger partial charge in [0.05, 0.1) is 0 Å². The maximum Gasteiger partial charge on any atom is 0.160 e. The van der Waals surface area contributed by atoms with Gasteiger partial charge in [0.25, 0.3) is 0 Å². The van der Waals surface area contributed by atoms with Crippen LogP contribution in [0.25, 0.3) is 0 Å². The second-order valence-corrected chi connectivity index (χ2v) is 5.06. The predicted molar refractivity (Wildman–Crippen MR) is 59.7 cm³/mol. The Morgan fingerprint density at radius 3 is 2.38 bits per heavy atom. The van der Waals surface area contributed by atoms with Gasteiger partial charge in [-0.2, -0.15) is 0 Å². The number of piperidine rings is 1. The maximum absolute atomic E-state index is 10.7. The molecule has 1 aromatic heterocycles. The molecule has 2 aliphatic heterocycles. The fourth-order valence-corrected chi connectivity index (χ4v) is 3.17. The Kier molecular flexibility index (Phi) is 2.23. The zero-order valence-corrected chi connectivity index (χ0v) is 9.50. The Morgan fingerprint density at radius 2 is 1.81 bits per heavy atom. The first-order valence-electron chi connectivity index (χ1n) is 5.91. The lowest BCUT2D eigenvalue weighted by Crippen LogP contribution is -2.48. The van der Waals surface area contributed by atoms with E-state index < -0.39 is 5.60 Å². The second kappa shape index (κ2) is 3.50. The summed E-state index contributed by atoms with van der Waals surface area (Å²) in [6.45, 7) is 0. The number of rotatable bonds is 1. The van der Waals surface area contributed by atoms with Gasteiger partial charge in [-0.15, -0.1) is 0 Å². The van der Waals surface area contributed by atoms with Gasteiger partial charge in [-0.05, 0) is 38.8 Å². The van der Waals surface area contributed by atoms with E-state index >= 15 is 0 Å². The molecule has 1 aromatic rings. The van der Waals surface area contributed by atoms with Crippen molar-refractivity contribution in [3.63, 3.8) is 0 Å². The molecule has 2 bridgehead atoms. The molecule has 2 saturated heterocycles. The summed E-state index contributed by atoms with van der Waals surface area (Å²) >= 11 is 0. The molecule has 2 unspecified atom stereocenters. The molecule has 4 nitrogen and oxygen atoms in total. The minimum absolute atomic E-state index is 0.493. The van der Waals surface area contributed by atoms with Crippen LogP contribution in [0.4, 0.5) is 0 Å². The average molecular weight is 219 g/mol. The molecule has 2 fully saturated rings. The lowest BCUT2D eigenvalue weighted by Gasteiger charge is -2.40. The van der Waals surface area contributed by atoms with Crippen molar-refractivity contribution in [1.29, 1.82) is 0 Å². The summed E-state index contributed by atoms with van der Waals surface area (Å²) < 4.78 is 0. The molecule has 0 radical (unpaired) electrons. The Morgan fingerprint density at radius 1 is 1.25 bits per heavy atom. The van der Waals surface area contributed by atoms with Crippen LogP contribution < -0.4 is 0 Å². The molecule has 16 heavy (non-hydrogen) atoms. The van der Waals surface area contributed by atoms with Gasteiger partial charge in [0.15, 0.2) is 5.82 Å². The minimum atomic E-state index is -0.806. The Balaban J connectivity index is 1.91. The van der Waals surface area contributed by atoms with Crippen molar-refractivity contribution in [2.24, 2.45) is 0 Å². The van der Waals surface area contributed by atoms with Crippen LogP contribution in [0.3, 0.4) is 0 Å². The van der Waals surface area contributed by atoms with Crippen LogP contribution in [0.5, 0.6) is 0 Å². The number of fused-ring (bicyclic) bond motifs is 2. The molecular weight excluding hydrogens is 202 g/mol. The maximum atomic E-state index is 10.7. The Hall–Kier alpha value is -1.00. The first-order valence-corrected chi connectivity index (χ1v) is 5.91. The summed E-state index contributed by atoms with van der Waals surface area (Å²) in [6.07, 6.45) is 7.34. The van der Waals surface area contributed by atoms with Crippen molar-refractivity contribution in [3.05, 3.63) is 24.3 Å². The van der Waals surface area contributed by atoms with Crippen molar-refractivity contribution in [1.82, 2.24) is 14.9 Å². The molecule has 0 saturated carbocycles. The molecule has 0 aliphatic carbocycles. The predicted octanol–water partition coefficient (Wildman–Crippen LogP) is 0.921. The standard InChI is InChI=1S/C12H17N3O/c1-15-9-3-4-10(15)8-12(16,7-9)11-13-5-2-6-14-11/h2,5-6,9-10,16H,3-4,7-8H2,1H3. The van der Waals surface area contributed by atoms with E-state index in [9.17, 15) is 5.11 Å². The van der Waals surface area contributed by atoms with Gasteiger partial charge < -0.3 is 10.0 Å². The fraction of sp³-hybridized carbons (Fsp3) is 0.667. The van der Waals surface area contributed by atoms with E-state index in [0.717, 1.165) is 12.8 Å². The topological polar surface area (TPSA) is 49.2 Å². The second-order valence-electron chi connectivity index (χ2n) is 5.06. The third-order valence-corrected chi connectivity index (χ3v) is 4.11. The number of hydrogen-bond acceptors (Lipinski definition) is 4. The van der Waals surface area contributed by atoms with Crippen LogP contribution in [0, 0.1) is 0 Å². The number of aliphatic hydroxyl groups is 1. The van der Waals surface area contributed by atoms with E-state index in [-0.39, 0.29) is 0 Å². The molecule has 2 atom stereocenters. The molecule has 3 heterocycles. The first-order chi connectivity index (χ1) is 7.69. The van der Waals surface area contributed by atoms with E-state index in [1.165, 1.54) is 12.8 Å². The van der Waals surface area contributed by atoms with Crippen LogP contribution in [0.2, 0.25) is 0 Å². The van der Waals surface area contributed by atoms with E-state index in [0.29, 0.717) is 17.9 Å². The van der Waals surface area contributed by atoms with Gasteiger partial charge in [-0.3, -0.25) is 0 Å². The largest absolute Gasteiger partial charge is 0.382 e. The third-order valence-electron chi connectivity index (χ3n) is 4.11. The van der Waals surface area contributed by atoms with Crippen molar-refractivity contribution in [2.45, 2.75) is 43.4 Å².